The predicted molar refractivity (Wildman–Crippen MR) is 105 cm³/mol. The fourth-order valence-electron chi connectivity index (χ4n) is 3.19. The van der Waals surface area contributed by atoms with Crippen LogP contribution in [0.1, 0.15) is 33.4 Å². The largest absolute Gasteiger partial charge is 0.478 e. The van der Waals surface area contributed by atoms with Gasteiger partial charge in [-0.25, -0.2) is 4.79 Å². The Hall–Kier alpha value is -2.38. The summed E-state index contributed by atoms with van der Waals surface area (Å²) < 4.78 is 0. The number of nitrogens with zero attached hydrogens (tertiary/aromatic N) is 2. The Morgan fingerprint density at radius 3 is 2.58 bits per heavy atom. The number of hydrogen-bond acceptors (Lipinski definition) is 5. The van der Waals surface area contributed by atoms with Gasteiger partial charge < -0.3 is 15.3 Å². The van der Waals surface area contributed by atoms with Crippen LogP contribution in [0.3, 0.4) is 0 Å². The zero-order valence-corrected chi connectivity index (χ0v) is 15.6. The Kier molecular flexibility index (Phi) is 5.90. The van der Waals surface area contributed by atoms with Crippen LogP contribution in [0.15, 0.2) is 35.7 Å². The number of nitrogens with one attached hydrogen (secondary N) is 1. The molecule has 0 spiro atoms. The molecule has 0 radical (unpaired) electrons. The Morgan fingerprint density at radius 2 is 1.96 bits per heavy atom. The van der Waals surface area contributed by atoms with Crippen LogP contribution >= 0.6 is 11.3 Å². The molecule has 2 heterocycles. The van der Waals surface area contributed by atoms with Crippen LogP contribution in [-0.2, 0) is 0 Å². The first kappa shape index (κ1) is 18.4. The fraction of sp³-hybridized carbons (Fsp3) is 0.368. The van der Waals surface area contributed by atoms with Crippen molar-refractivity contribution in [1.29, 1.82) is 0 Å². The highest BCUT2D eigenvalue weighted by Gasteiger charge is 2.21. The molecule has 2 aromatic rings. The van der Waals surface area contributed by atoms with E-state index in [1.165, 1.54) is 11.3 Å². The standard InChI is InChI=1S/C19H23N3O3S/c1-2-7-21-8-10-22(11-9-21)16-6-5-14(13-15(16)19(24)25)20-18(23)17-4-3-12-26-17/h3-6,12-13H,2,7-11H2,1H3,(H,20,23)(H,24,25). The number of carboxylic acid groups (broad SMARTS) is 1. The van der Waals surface area contributed by atoms with Crippen LogP contribution < -0.4 is 10.2 Å². The molecule has 138 valence electrons. The zero-order chi connectivity index (χ0) is 18.5. The lowest BCUT2D eigenvalue weighted by atomic mass is 10.1. The lowest BCUT2D eigenvalue weighted by molar-refractivity contribution is 0.0697. The first-order chi connectivity index (χ1) is 12.6. The molecule has 6 nitrogen and oxygen atoms in total. The van der Waals surface area contributed by atoms with Crippen molar-refractivity contribution in [2.24, 2.45) is 0 Å². The van der Waals surface area contributed by atoms with E-state index in [2.05, 4.69) is 22.0 Å². The molecule has 1 aromatic carbocycles. The zero-order valence-electron chi connectivity index (χ0n) is 14.8. The molecule has 1 aromatic heterocycles. The van der Waals surface area contributed by atoms with E-state index >= 15 is 0 Å². The van der Waals surface area contributed by atoms with Gasteiger partial charge in [-0.2, -0.15) is 0 Å². The van der Waals surface area contributed by atoms with Crippen LogP contribution in [0.4, 0.5) is 11.4 Å². The number of carboxylic acids is 1. The minimum Gasteiger partial charge on any atom is -0.478 e. The normalized spacial score (nSPS) is 15.0. The summed E-state index contributed by atoms with van der Waals surface area (Å²) in [5.74, 6) is -1.21. The van der Waals surface area contributed by atoms with Crippen LogP contribution in [0.2, 0.25) is 0 Å². The molecule has 1 amide bonds. The summed E-state index contributed by atoms with van der Waals surface area (Å²) in [5.41, 5.74) is 1.43. The van der Waals surface area contributed by atoms with Crippen LogP contribution in [-0.4, -0.2) is 54.6 Å². The molecule has 1 aliphatic rings. The molecular formula is C19H23N3O3S. The first-order valence-corrected chi connectivity index (χ1v) is 9.66. The van der Waals surface area contributed by atoms with E-state index in [0.29, 0.717) is 16.3 Å². The number of anilines is 2. The second kappa shape index (κ2) is 8.33. The molecule has 3 rings (SSSR count). The average Bonchev–Trinajstić information content (AvgIpc) is 3.17. The molecule has 0 saturated carbocycles. The molecule has 0 aliphatic carbocycles. The SMILES string of the molecule is CCCN1CCN(c2ccc(NC(=O)c3cccs3)cc2C(=O)O)CC1. The third-order valence-corrected chi connectivity index (χ3v) is 5.35. The Balaban J connectivity index is 1.75. The van der Waals surface area contributed by atoms with Gasteiger partial charge in [-0.3, -0.25) is 9.69 Å². The highest BCUT2D eigenvalue weighted by Crippen LogP contribution is 2.26. The Morgan fingerprint density at radius 1 is 1.19 bits per heavy atom. The highest BCUT2D eigenvalue weighted by molar-refractivity contribution is 7.12. The number of benzene rings is 1. The molecule has 1 fully saturated rings. The molecule has 1 aliphatic heterocycles. The average molecular weight is 373 g/mol. The maximum absolute atomic E-state index is 12.2. The molecule has 0 bridgehead atoms. The topological polar surface area (TPSA) is 72.9 Å². The molecule has 7 heteroatoms. The number of aromatic carboxylic acids is 1. The summed E-state index contributed by atoms with van der Waals surface area (Å²) in [6, 6.07) is 8.65. The third-order valence-electron chi connectivity index (χ3n) is 4.48. The van der Waals surface area contributed by atoms with E-state index in [1.54, 1.807) is 24.3 Å². The molecule has 1 saturated heterocycles. The van der Waals surface area contributed by atoms with E-state index in [1.807, 2.05) is 11.4 Å². The number of carbonyl (C=O) groups is 2. The number of thiophene rings is 1. The monoisotopic (exact) mass is 373 g/mol. The van der Waals surface area contributed by atoms with Crippen LogP contribution in [0.25, 0.3) is 0 Å². The minimum atomic E-state index is -0.983. The number of carbonyl (C=O) groups excluding carboxylic acids is 1. The van der Waals surface area contributed by atoms with E-state index < -0.39 is 5.97 Å². The van der Waals surface area contributed by atoms with Crippen molar-refractivity contribution < 1.29 is 14.7 Å². The second-order valence-corrected chi connectivity index (χ2v) is 7.24. The highest BCUT2D eigenvalue weighted by atomic mass is 32.1. The smallest absolute Gasteiger partial charge is 0.337 e. The summed E-state index contributed by atoms with van der Waals surface area (Å²) in [7, 11) is 0. The van der Waals surface area contributed by atoms with Gasteiger partial charge in [-0.15, -0.1) is 11.3 Å². The van der Waals surface area contributed by atoms with Gasteiger partial charge in [0.2, 0.25) is 0 Å². The summed E-state index contributed by atoms with van der Waals surface area (Å²) in [4.78, 5) is 29.0. The summed E-state index contributed by atoms with van der Waals surface area (Å²) in [6.07, 6.45) is 1.12. The quantitative estimate of drug-likeness (QED) is 0.813. The maximum Gasteiger partial charge on any atom is 0.337 e. The van der Waals surface area contributed by atoms with Crippen LogP contribution in [0, 0.1) is 0 Å². The van der Waals surface area contributed by atoms with Crippen LogP contribution in [0.5, 0.6) is 0 Å². The van der Waals surface area contributed by atoms with Gasteiger partial charge in [0.25, 0.3) is 5.91 Å². The number of hydrogen-bond donors (Lipinski definition) is 2. The van der Waals surface area contributed by atoms with Crippen molar-refractivity contribution in [3.8, 4) is 0 Å². The number of amides is 1. The van der Waals surface area contributed by atoms with E-state index in [0.717, 1.165) is 39.1 Å². The Bertz CT molecular complexity index is 768. The first-order valence-electron chi connectivity index (χ1n) is 8.78. The van der Waals surface area contributed by atoms with Gasteiger partial charge in [0.15, 0.2) is 0 Å². The van der Waals surface area contributed by atoms with Gasteiger partial charge in [-0.1, -0.05) is 13.0 Å². The van der Waals surface area contributed by atoms with E-state index in [4.69, 9.17) is 0 Å². The third kappa shape index (κ3) is 4.23. The van der Waals surface area contributed by atoms with Gasteiger partial charge in [-0.05, 0) is 42.6 Å². The lowest BCUT2D eigenvalue weighted by Gasteiger charge is -2.36. The van der Waals surface area contributed by atoms with Gasteiger partial charge in [0.05, 0.1) is 16.1 Å². The van der Waals surface area contributed by atoms with Crippen molar-refractivity contribution in [3.05, 3.63) is 46.2 Å². The number of rotatable bonds is 6. The van der Waals surface area contributed by atoms with Gasteiger partial charge in [0, 0.05) is 31.9 Å². The van der Waals surface area contributed by atoms with Crippen molar-refractivity contribution in [3.63, 3.8) is 0 Å². The predicted octanol–water partition coefficient (Wildman–Crippen LogP) is 3.23. The van der Waals surface area contributed by atoms with Crippen molar-refractivity contribution in [2.75, 3.05) is 42.9 Å². The summed E-state index contributed by atoms with van der Waals surface area (Å²) in [6.45, 7) is 6.72. The molecule has 0 unspecified atom stereocenters. The Labute approximate surface area is 157 Å². The molecular weight excluding hydrogens is 350 g/mol. The van der Waals surface area contributed by atoms with Crippen molar-refractivity contribution in [2.45, 2.75) is 13.3 Å². The summed E-state index contributed by atoms with van der Waals surface area (Å²) >= 11 is 1.35. The fourth-order valence-corrected chi connectivity index (χ4v) is 3.81. The lowest BCUT2D eigenvalue weighted by Crippen LogP contribution is -2.47. The van der Waals surface area contributed by atoms with Crippen molar-refractivity contribution >= 4 is 34.6 Å². The molecule has 2 N–H and O–H groups in total. The second-order valence-electron chi connectivity index (χ2n) is 6.30. The van der Waals surface area contributed by atoms with Crippen molar-refractivity contribution in [1.82, 2.24) is 4.90 Å². The van der Waals surface area contributed by atoms with E-state index in [9.17, 15) is 14.7 Å². The van der Waals surface area contributed by atoms with Gasteiger partial charge >= 0.3 is 5.97 Å². The molecule has 0 atom stereocenters. The van der Waals surface area contributed by atoms with E-state index in [-0.39, 0.29) is 11.5 Å². The van der Waals surface area contributed by atoms with Gasteiger partial charge in [0.1, 0.15) is 0 Å². The summed E-state index contributed by atoms with van der Waals surface area (Å²) in [5, 5.41) is 14.2. The number of piperazine rings is 1. The maximum atomic E-state index is 12.2. The molecule has 26 heavy (non-hydrogen) atoms. The minimum absolute atomic E-state index is 0.220.